The van der Waals surface area contributed by atoms with E-state index >= 15 is 0 Å². The summed E-state index contributed by atoms with van der Waals surface area (Å²) in [6, 6.07) is 0. The monoisotopic (exact) mass is 217 g/mol. The summed E-state index contributed by atoms with van der Waals surface area (Å²) in [5, 5.41) is 9.28. The molecule has 0 fully saturated rings. The van der Waals surface area contributed by atoms with E-state index in [1.54, 1.807) is 7.11 Å². The molecule has 0 aromatic rings. The highest BCUT2D eigenvalue weighted by atomic mass is 16.5. The Morgan fingerprint density at radius 3 is 2.27 bits per heavy atom. The van der Waals surface area contributed by atoms with Crippen LogP contribution in [0.1, 0.15) is 33.1 Å². The fourth-order valence-corrected chi connectivity index (χ4v) is 1.92. The Hall–Kier alpha value is -0.610. The van der Waals surface area contributed by atoms with Gasteiger partial charge in [0.25, 0.3) is 0 Å². The molecule has 0 amide bonds. The molecule has 1 N–H and O–H groups in total. The Morgan fingerprint density at radius 2 is 1.93 bits per heavy atom. The smallest absolute Gasteiger partial charge is 0.324 e. The van der Waals surface area contributed by atoms with Crippen LogP contribution in [0.15, 0.2) is 0 Å². The second-order valence-electron chi connectivity index (χ2n) is 3.81. The Morgan fingerprint density at radius 1 is 1.40 bits per heavy atom. The molecule has 0 saturated carbocycles. The van der Waals surface area contributed by atoms with Gasteiger partial charge in [-0.3, -0.25) is 9.69 Å². The number of ether oxygens (including phenoxy) is 1. The number of methoxy groups -OCH3 is 1. The van der Waals surface area contributed by atoms with Gasteiger partial charge in [-0.1, -0.05) is 13.8 Å². The summed E-state index contributed by atoms with van der Waals surface area (Å²) in [7, 11) is 3.53. The van der Waals surface area contributed by atoms with Gasteiger partial charge in [0, 0.05) is 20.3 Å². The number of carboxylic acid groups (broad SMARTS) is 1. The lowest BCUT2D eigenvalue weighted by Crippen LogP contribution is -2.52. The predicted molar refractivity (Wildman–Crippen MR) is 60.1 cm³/mol. The third-order valence-corrected chi connectivity index (χ3v) is 3.14. The van der Waals surface area contributed by atoms with E-state index < -0.39 is 11.5 Å². The molecule has 0 heterocycles. The highest BCUT2D eigenvalue weighted by molar-refractivity contribution is 5.78. The van der Waals surface area contributed by atoms with Gasteiger partial charge in [0.1, 0.15) is 5.54 Å². The van der Waals surface area contributed by atoms with E-state index in [-0.39, 0.29) is 0 Å². The van der Waals surface area contributed by atoms with E-state index in [1.807, 2.05) is 25.8 Å². The Kier molecular flexibility index (Phi) is 6.52. The van der Waals surface area contributed by atoms with E-state index in [4.69, 9.17) is 4.74 Å². The number of carboxylic acids is 1. The minimum atomic E-state index is -0.729. The van der Waals surface area contributed by atoms with Gasteiger partial charge < -0.3 is 9.84 Å². The molecule has 0 aromatic carbocycles. The molecule has 90 valence electrons. The first-order valence-corrected chi connectivity index (χ1v) is 5.48. The summed E-state index contributed by atoms with van der Waals surface area (Å²) in [6.07, 6.45) is 2.12. The van der Waals surface area contributed by atoms with Crippen LogP contribution in [0.5, 0.6) is 0 Å². The lowest BCUT2D eigenvalue weighted by molar-refractivity contribution is -0.151. The lowest BCUT2D eigenvalue weighted by Gasteiger charge is -2.36. The Bertz CT molecular complexity index is 190. The highest BCUT2D eigenvalue weighted by Gasteiger charge is 2.38. The summed E-state index contributed by atoms with van der Waals surface area (Å²) in [4.78, 5) is 13.2. The van der Waals surface area contributed by atoms with Crippen LogP contribution in [0, 0.1) is 0 Å². The zero-order valence-corrected chi connectivity index (χ0v) is 10.2. The molecule has 0 aliphatic heterocycles. The SMILES string of the molecule is CCC(CC)(C(=O)O)N(C)CCCOC. The maximum Gasteiger partial charge on any atom is 0.324 e. The molecule has 0 unspecified atom stereocenters. The van der Waals surface area contributed by atoms with Gasteiger partial charge in [-0.15, -0.1) is 0 Å². The third-order valence-electron chi connectivity index (χ3n) is 3.14. The molecule has 0 aliphatic carbocycles. The fraction of sp³-hybridized carbons (Fsp3) is 0.909. The number of aliphatic carboxylic acids is 1. The van der Waals surface area contributed by atoms with Crippen molar-refractivity contribution in [3.8, 4) is 0 Å². The van der Waals surface area contributed by atoms with Gasteiger partial charge in [-0.2, -0.15) is 0 Å². The number of rotatable bonds is 8. The fourth-order valence-electron chi connectivity index (χ4n) is 1.92. The zero-order valence-electron chi connectivity index (χ0n) is 10.2. The third kappa shape index (κ3) is 3.47. The molecule has 4 heteroatoms. The highest BCUT2D eigenvalue weighted by Crippen LogP contribution is 2.23. The lowest BCUT2D eigenvalue weighted by atomic mass is 9.91. The first-order valence-electron chi connectivity index (χ1n) is 5.48. The van der Waals surface area contributed by atoms with Crippen molar-refractivity contribution in [2.75, 3.05) is 27.3 Å². The molecule has 0 rings (SSSR count). The molecule has 4 nitrogen and oxygen atoms in total. The summed E-state index contributed by atoms with van der Waals surface area (Å²) < 4.78 is 4.96. The van der Waals surface area contributed by atoms with Crippen molar-refractivity contribution >= 4 is 5.97 Å². The summed E-state index contributed by atoms with van der Waals surface area (Å²) in [5.74, 6) is -0.729. The number of hydrogen-bond acceptors (Lipinski definition) is 3. The van der Waals surface area contributed by atoms with Crippen LogP contribution in [-0.4, -0.2) is 48.8 Å². The van der Waals surface area contributed by atoms with Crippen molar-refractivity contribution in [3.63, 3.8) is 0 Å². The second-order valence-corrected chi connectivity index (χ2v) is 3.81. The minimum Gasteiger partial charge on any atom is -0.480 e. The average Bonchev–Trinajstić information content (AvgIpc) is 2.20. The van der Waals surface area contributed by atoms with Crippen molar-refractivity contribution in [1.82, 2.24) is 4.90 Å². The van der Waals surface area contributed by atoms with E-state index in [9.17, 15) is 9.90 Å². The number of likely N-dealkylation sites (N-methyl/N-ethyl adjacent to an activating group) is 1. The Balaban J connectivity index is 4.41. The molecule has 0 bridgehead atoms. The quantitative estimate of drug-likeness (QED) is 0.627. The van der Waals surface area contributed by atoms with Crippen LogP contribution in [0.3, 0.4) is 0 Å². The first-order chi connectivity index (χ1) is 7.05. The molecule has 0 aliphatic rings. The normalized spacial score (nSPS) is 12.1. The van der Waals surface area contributed by atoms with Gasteiger partial charge in [0.15, 0.2) is 0 Å². The van der Waals surface area contributed by atoms with Crippen LogP contribution < -0.4 is 0 Å². The summed E-state index contributed by atoms with van der Waals surface area (Å²) >= 11 is 0. The molecule has 0 radical (unpaired) electrons. The number of carbonyl (C=O) groups is 1. The van der Waals surface area contributed by atoms with Crippen molar-refractivity contribution in [1.29, 1.82) is 0 Å². The second kappa shape index (κ2) is 6.80. The molecule has 0 aromatic heterocycles. The largest absolute Gasteiger partial charge is 0.480 e. The maximum absolute atomic E-state index is 11.3. The van der Waals surface area contributed by atoms with Crippen LogP contribution in [-0.2, 0) is 9.53 Å². The van der Waals surface area contributed by atoms with Crippen LogP contribution in [0.25, 0.3) is 0 Å². The van der Waals surface area contributed by atoms with Crippen molar-refractivity contribution in [2.45, 2.75) is 38.6 Å². The van der Waals surface area contributed by atoms with Gasteiger partial charge in [-0.05, 0) is 26.3 Å². The van der Waals surface area contributed by atoms with Crippen LogP contribution >= 0.6 is 0 Å². The van der Waals surface area contributed by atoms with Gasteiger partial charge in [0.2, 0.25) is 0 Å². The van der Waals surface area contributed by atoms with Crippen molar-refractivity contribution in [3.05, 3.63) is 0 Å². The molecule has 0 spiro atoms. The van der Waals surface area contributed by atoms with Crippen LogP contribution in [0.2, 0.25) is 0 Å². The van der Waals surface area contributed by atoms with Gasteiger partial charge in [0.05, 0.1) is 0 Å². The Labute approximate surface area is 92.2 Å². The molecule has 0 atom stereocenters. The van der Waals surface area contributed by atoms with Crippen molar-refractivity contribution < 1.29 is 14.6 Å². The molecular weight excluding hydrogens is 194 g/mol. The van der Waals surface area contributed by atoms with E-state index in [0.29, 0.717) is 19.4 Å². The van der Waals surface area contributed by atoms with Gasteiger partial charge >= 0.3 is 5.97 Å². The first kappa shape index (κ1) is 14.4. The van der Waals surface area contributed by atoms with Gasteiger partial charge in [-0.25, -0.2) is 0 Å². The van der Waals surface area contributed by atoms with E-state index in [1.165, 1.54) is 0 Å². The molecule has 15 heavy (non-hydrogen) atoms. The van der Waals surface area contributed by atoms with E-state index in [0.717, 1.165) is 13.0 Å². The minimum absolute atomic E-state index is 0.627. The van der Waals surface area contributed by atoms with Crippen LogP contribution in [0.4, 0.5) is 0 Å². The molecule has 0 saturated heterocycles. The summed E-state index contributed by atoms with van der Waals surface area (Å²) in [6.45, 7) is 5.27. The number of hydrogen-bond donors (Lipinski definition) is 1. The summed E-state index contributed by atoms with van der Waals surface area (Å²) in [5.41, 5.74) is -0.715. The maximum atomic E-state index is 11.3. The standard InChI is InChI=1S/C11H23NO3/c1-5-11(6-2,10(13)14)12(3)8-7-9-15-4/h5-9H2,1-4H3,(H,13,14). The number of nitrogens with zero attached hydrogens (tertiary/aromatic N) is 1. The van der Waals surface area contributed by atoms with Crippen molar-refractivity contribution in [2.24, 2.45) is 0 Å². The topological polar surface area (TPSA) is 49.8 Å². The zero-order chi connectivity index (χ0) is 11.9. The predicted octanol–water partition coefficient (Wildman–Crippen LogP) is 1.60. The molecular formula is C11H23NO3. The average molecular weight is 217 g/mol. The van der Waals surface area contributed by atoms with E-state index in [2.05, 4.69) is 0 Å².